The van der Waals surface area contributed by atoms with Gasteiger partial charge in [-0.15, -0.1) is 0 Å². The number of fused-ring (bicyclic) bond motifs is 3. The Bertz CT molecular complexity index is 1000. The largest absolute Gasteiger partial charge is 0.459 e. The van der Waals surface area contributed by atoms with E-state index in [-0.39, 0.29) is 47.4 Å². The lowest BCUT2D eigenvalue weighted by Gasteiger charge is -2.61. The number of aliphatic hydroxyl groups is 2. The van der Waals surface area contributed by atoms with E-state index in [1.165, 1.54) is 19.3 Å². The number of carbonyl (C=O) groups excluding carboxylic acids is 1. The van der Waals surface area contributed by atoms with E-state index in [2.05, 4.69) is 6.92 Å². The number of hydrogen-bond acceptors (Lipinski definition) is 7. The minimum Gasteiger partial charge on any atom is -0.459 e. The van der Waals surface area contributed by atoms with Crippen LogP contribution in [0.25, 0.3) is 0 Å². The van der Waals surface area contributed by atoms with Crippen LogP contribution in [0.5, 0.6) is 0 Å². The molecule has 2 heterocycles. The summed E-state index contributed by atoms with van der Waals surface area (Å²) in [4.78, 5) is 23.7. The van der Waals surface area contributed by atoms with Gasteiger partial charge < -0.3 is 24.1 Å². The molecule has 0 amide bonds. The summed E-state index contributed by atoms with van der Waals surface area (Å²) >= 11 is 0. The van der Waals surface area contributed by atoms with Gasteiger partial charge in [0, 0.05) is 30.9 Å². The fraction of sp³-hybridized carbons (Fsp3) is 0.769. The number of aliphatic hydroxyl groups excluding tert-OH is 2. The topological polar surface area (TPSA) is 110 Å². The Kier molecular flexibility index (Phi) is 4.73. The van der Waals surface area contributed by atoms with Gasteiger partial charge in [-0.3, -0.25) is 4.79 Å². The minimum atomic E-state index is -0.421. The molecule has 6 rings (SSSR count). The lowest BCUT2D eigenvalue weighted by molar-refractivity contribution is -0.169. The van der Waals surface area contributed by atoms with E-state index in [1.807, 2.05) is 0 Å². The summed E-state index contributed by atoms with van der Waals surface area (Å²) < 4.78 is 17.7. The maximum atomic E-state index is 12.1. The van der Waals surface area contributed by atoms with Crippen molar-refractivity contribution >= 4 is 5.97 Å². The predicted octanol–water partition coefficient (Wildman–Crippen LogP) is 2.77. The number of ether oxygens (including phenoxy) is 2. The van der Waals surface area contributed by atoms with Crippen molar-refractivity contribution in [3.8, 4) is 0 Å². The zero-order valence-electron chi connectivity index (χ0n) is 19.4. The molecule has 0 radical (unpaired) electrons. The number of rotatable bonds is 3. The molecule has 2 N–H and O–H groups in total. The molecule has 0 aromatic carbocycles. The van der Waals surface area contributed by atoms with Gasteiger partial charge in [-0.25, -0.2) is 4.79 Å². The molecule has 0 unspecified atom stereocenters. The Morgan fingerprint density at radius 2 is 2.00 bits per heavy atom. The zero-order valence-corrected chi connectivity index (χ0v) is 19.4. The van der Waals surface area contributed by atoms with Gasteiger partial charge in [0.25, 0.3) is 0 Å². The van der Waals surface area contributed by atoms with Crippen LogP contribution in [-0.2, 0) is 14.3 Å². The van der Waals surface area contributed by atoms with E-state index >= 15 is 0 Å². The highest BCUT2D eigenvalue weighted by Crippen LogP contribution is 2.78. The van der Waals surface area contributed by atoms with Gasteiger partial charge in [0.1, 0.15) is 17.8 Å². The Labute approximate surface area is 193 Å². The molecule has 1 spiro atoms. The third-order valence-electron chi connectivity index (χ3n) is 10.5. The van der Waals surface area contributed by atoms with Gasteiger partial charge in [0.15, 0.2) is 0 Å². The van der Waals surface area contributed by atoms with Crippen molar-refractivity contribution in [2.24, 2.45) is 28.6 Å². The maximum absolute atomic E-state index is 12.1. The summed E-state index contributed by atoms with van der Waals surface area (Å²) in [5, 5.41) is 21.0. The summed E-state index contributed by atoms with van der Waals surface area (Å²) in [6.45, 7) is 3.85. The SMILES string of the molecule is CC(=O)O[C@H]1[C@@H]2O[C@]23[C@@H]2CC[C@@H]4C[C@@H](O)CC[C@]4(CO)[C@H]2CC[C@]3(C)[C@H]1c1ccc(=O)oc1. The predicted molar refractivity (Wildman–Crippen MR) is 117 cm³/mol. The van der Waals surface area contributed by atoms with Crippen LogP contribution >= 0.6 is 0 Å². The van der Waals surface area contributed by atoms with Crippen molar-refractivity contribution in [1.29, 1.82) is 0 Å². The van der Waals surface area contributed by atoms with Crippen LogP contribution < -0.4 is 5.63 Å². The molecule has 4 aliphatic carbocycles. The van der Waals surface area contributed by atoms with E-state index in [1.54, 1.807) is 6.07 Å². The Morgan fingerprint density at radius 1 is 1.18 bits per heavy atom. The number of esters is 1. The number of epoxide rings is 1. The van der Waals surface area contributed by atoms with Crippen LogP contribution in [-0.4, -0.2) is 46.7 Å². The van der Waals surface area contributed by atoms with E-state index < -0.39 is 17.3 Å². The van der Waals surface area contributed by atoms with Crippen molar-refractivity contribution in [2.45, 2.75) is 88.6 Å². The van der Waals surface area contributed by atoms with E-state index in [4.69, 9.17) is 13.9 Å². The van der Waals surface area contributed by atoms with Crippen LogP contribution in [0.2, 0.25) is 0 Å². The summed E-state index contributed by atoms with van der Waals surface area (Å²) in [6.07, 6.45) is 6.89. The van der Waals surface area contributed by atoms with Crippen LogP contribution in [0.4, 0.5) is 0 Å². The normalized spacial score (nSPS) is 49.9. The van der Waals surface area contributed by atoms with Crippen LogP contribution in [0, 0.1) is 28.6 Å². The van der Waals surface area contributed by atoms with E-state index in [0.29, 0.717) is 11.8 Å². The van der Waals surface area contributed by atoms with Gasteiger partial charge >= 0.3 is 11.6 Å². The smallest absolute Gasteiger partial charge is 0.335 e. The lowest BCUT2D eigenvalue weighted by atomic mass is 9.43. The van der Waals surface area contributed by atoms with Crippen molar-refractivity contribution < 1.29 is 28.9 Å². The van der Waals surface area contributed by atoms with Crippen molar-refractivity contribution in [3.63, 3.8) is 0 Å². The molecule has 1 aliphatic heterocycles. The summed E-state index contributed by atoms with van der Waals surface area (Å²) in [6, 6.07) is 3.24. The molecule has 10 atom stereocenters. The first-order valence-corrected chi connectivity index (χ1v) is 12.5. The lowest BCUT2D eigenvalue weighted by Crippen LogP contribution is -2.60. The monoisotopic (exact) mass is 458 g/mol. The average Bonchev–Trinajstić information content (AvgIpc) is 3.49. The summed E-state index contributed by atoms with van der Waals surface area (Å²) in [5.41, 5.74) is -0.350. The van der Waals surface area contributed by atoms with Crippen molar-refractivity contribution in [2.75, 3.05) is 6.61 Å². The zero-order chi connectivity index (χ0) is 23.2. The molecule has 0 bridgehead atoms. The van der Waals surface area contributed by atoms with Gasteiger partial charge in [-0.1, -0.05) is 6.92 Å². The summed E-state index contributed by atoms with van der Waals surface area (Å²) in [5.74, 6) is 0.510. The first kappa shape index (κ1) is 21.8. The quantitative estimate of drug-likeness (QED) is 0.529. The summed E-state index contributed by atoms with van der Waals surface area (Å²) in [7, 11) is 0. The Hall–Kier alpha value is -1.70. The highest BCUT2D eigenvalue weighted by atomic mass is 16.7. The minimum absolute atomic E-state index is 0.110. The van der Waals surface area contributed by atoms with Gasteiger partial charge in [-0.05, 0) is 79.7 Å². The van der Waals surface area contributed by atoms with Crippen LogP contribution in [0.15, 0.2) is 27.6 Å². The molecule has 5 fully saturated rings. The molecule has 7 nitrogen and oxygen atoms in total. The standard InChI is InChI=1S/C26H34O7/c1-14(28)32-22-21(15-3-6-20(30)31-12-15)24(2)9-8-18-19(26(24)23(22)33-26)5-4-16-11-17(29)7-10-25(16,18)13-27/h3,6,12,16-19,21-23,27,29H,4-5,7-11,13H2,1-2H3/t16-,17+,18+,19-,21+,22-,23+,24-,25-,26-/m1/s1. The molecule has 1 aromatic rings. The Morgan fingerprint density at radius 3 is 2.70 bits per heavy atom. The van der Waals surface area contributed by atoms with E-state index in [9.17, 15) is 19.8 Å². The number of carbonyl (C=O) groups is 1. The first-order valence-electron chi connectivity index (χ1n) is 12.5. The maximum Gasteiger partial charge on any atom is 0.335 e. The van der Waals surface area contributed by atoms with Crippen LogP contribution in [0.1, 0.15) is 70.3 Å². The highest BCUT2D eigenvalue weighted by molar-refractivity contribution is 5.66. The van der Waals surface area contributed by atoms with Crippen molar-refractivity contribution in [3.05, 3.63) is 34.4 Å². The fourth-order valence-corrected chi connectivity index (χ4v) is 9.20. The highest BCUT2D eigenvalue weighted by Gasteiger charge is 2.85. The fourth-order valence-electron chi connectivity index (χ4n) is 9.20. The second-order valence-electron chi connectivity index (χ2n) is 11.5. The van der Waals surface area contributed by atoms with Crippen molar-refractivity contribution in [1.82, 2.24) is 0 Å². The molecule has 5 aliphatic rings. The van der Waals surface area contributed by atoms with Crippen LogP contribution in [0.3, 0.4) is 0 Å². The second kappa shape index (κ2) is 7.15. The molecular weight excluding hydrogens is 424 g/mol. The average molecular weight is 459 g/mol. The molecule has 4 saturated carbocycles. The van der Waals surface area contributed by atoms with Gasteiger partial charge in [-0.2, -0.15) is 0 Å². The molecule has 7 heteroatoms. The van der Waals surface area contributed by atoms with Gasteiger partial charge in [0.05, 0.1) is 12.4 Å². The third kappa shape index (κ3) is 2.73. The molecule has 33 heavy (non-hydrogen) atoms. The molecule has 180 valence electrons. The van der Waals surface area contributed by atoms with Gasteiger partial charge in [0.2, 0.25) is 0 Å². The second-order valence-corrected chi connectivity index (χ2v) is 11.5. The number of hydrogen-bond donors (Lipinski definition) is 2. The molecular formula is C26H34O7. The Balaban J connectivity index is 1.42. The third-order valence-corrected chi connectivity index (χ3v) is 10.5. The molecule has 1 saturated heterocycles. The molecule has 1 aromatic heterocycles. The first-order chi connectivity index (χ1) is 15.8. The van der Waals surface area contributed by atoms with E-state index in [0.717, 1.165) is 50.5 Å².